The maximum absolute atomic E-state index is 11.8. The van der Waals surface area contributed by atoms with Crippen molar-refractivity contribution >= 4 is 29.4 Å². The van der Waals surface area contributed by atoms with Gasteiger partial charge in [0.05, 0.1) is 23.3 Å². The zero-order valence-corrected chi connectivity index (χ0v) is 16.0. The van der Waals surface area contributed by atoms with Crippen LogP contribution < -0.4 is 14.9 Å². The van der Waals surface area contributed by atoms with Gasteiger partial charge in [0.25, 0.3) is 11.6 Å². The highest BCUT2D eigenvalue weighted by Gasteiger charge is 2.12. The molecule has 8 nitrogen and oxygen atoms in total. The number of hydrazone groups is 1. The van der Waals surface area contributed by atoms with E-state index in [1.165, 1.54) is 18.2 Å². The smallest absolute Gasteiger partial charge is 0.278 e. The van der Waals surface area contributed by atoms with Gasteiger partial charge in [-0.3, -0.25) is 14.9 Å². The van der Waals surface area contributed by atoms with Crippen molar-refractivity contribution in [3.63, 3.8) is 0 Å². The molecule has 148 valence electrons. The molecular formula is C19H20ClN3O5. The van der Waals surface area contributed by atoms with E-state index in [4.69, 9.17) is 21.1 Å². The molecule has 0 aliphatic rings. The van der Waals surface area contributed by atoms with Crippen molar-refractivity contribution in [2.24, 2.45) is 5.10 Å². The fraction of sp³-hybridized carbons (Fsp3) is 0.263. The summed E-state index contributed by atoms with van der Waals surface area (Å²) in [6, 6.07) is 11.0. The molecule has 2 aromatic rings. The van der Waals surface area contributed by atoms with Crippen LogP contribution in [0.2, 0.25) is 5.02 Å². The molecule has 2 rings (SSSR count). The molecule has 0 unspecified atom stereocenters. The van der Waals surface area contributed by atoms with Crippen LogP contribution in [0, 0.1) is 10.1 Å². The Bertz CT molecular complexity index is 840. The summed E-state index contributed by atoms with van der Waals surface area (Å²) in [4.78, 5) is 22.2. The van der Waals surface area contributed by atoms with E-state index in [0.717, 1.165) is 24.8 Å². The highest BCUT2D eigenvalue weighted by atomic mass is 35.5. The first-order chi connectivity index (χ1) is 13.5. The number of unbranched alkanes of at least 4 members (excludes halogenated alkanes) is 1. The molecule has 9 heteroatoms. The van der Waals surface area contributed by atoms with Gasteiger partial charge < -0.3 is 9.47 Å². The van der Waals surface area contributed by atoms with E-state index in [1.807, 2.05) is 0 Å². The quantitative estimate of drug-likeness (QED) is 0.279. The van der Waals surface area contributed by atoms with Gasteiger partial charge in [-0.15, -0.1) is 0 Å². The Morgan fingerprint density at radius 1 is 1.21 bits per heavy atom. The van der Waals surface area contributed by atoms with Crippen LogP contribution in [0.1, 0.15) is 25.3 Å². The van der Waals surface area contributed by atoms with Gasteiger partial charge in [-0.25, -0.2) is 5.43 Å². The summed E-state index contributed by atoms with van der Waals surface area (Å²) in [5.41, 5.74) is 2.26. The number of ether oxygens (including phenoxy) is 2. The van der Waals surface area contributed by atoms with Crippen molar-refractivity contribution in [3.8, 4) is 11.5 Å². The summed E-state index contributed by atoms with van der Waals surface area (Å²) < 4.78 is 10.9. The monoisotopic (exact) mass is 405 g/mol. The first kappa shape index (κ1) is 21.2. The summed E-state index contributed by atoms with van der Waals surface area (Å²) in [6.07, 6.45) is 3.20. The summed E-state index contributed by atoms with van der Waals surface area (Å²) in [6.45, 7) is 2.48. The van der Waals surface area contributed by atoms with Crippen molar-refractivity contribution in [1.29, 1.82) is 0 Å². The number of nitrogens with one attached hydrogen (secondary N) is 1. The van der Waals surface area contributed by atoms with Gasteiger partial charge in [0.15, 0.2) is 6.61 Å². The molecule has 0 aromatic heterocycles. The number of benzene rings is 2. The Hall–Kier alpha value is -3.13. The number of nitro benzene ring substituents is 1. The van der Waals surface area contributed by atoms with Crippen LogP contribution >= 0.6 is 11.6 Å². The average Bonchev–Trinajstić information content (AvgIpc) is 2.67. The number of rotatable bonds is 10. The zero-order valence-electron chi connectivity index (χ0n) is 15.3. The minimum absolute atomic E-state index is 0.167. The molecule has 0 fully saturated rings. The lowest BCUT2D eigenvalue weighted by molar-refractivity contribution is -0.385. The first-order valence-corrected chi connectivity index (χ1v) is 8.99. The van der Waals surface area contributed by atoms with Crippen LogP contribution in [0.25, 0.3) is 0 Å². The van der Waals surface area contributed by atoms with E-state index in [1.54, 1.807) is 24.3 Å². The second-order valence-electron chi connectivity index (χ2n) is 5.72. The van der Waals surface area contributed by atoms with Crippen molar-refractivity contribution in [2.75, 3.05) is 13.2 Å². The Kier molecular flexibility index (Phi) is 8.23. The van der Waals surface area contributed by atoms with E-state index >= 15 is 0 Å². The number of carbonyl (C=O) groups excluding carboxylic acids is 1. The third-order valence-electron chi connectivity index (χ3n) is 3.54. The number of carbonyl (C=O) groups is 1. The fourth-order valence-corrected chi connectivity index (χ4v) is 2.30. The minimum atomic E-state index is -0.557. The van der Waals surface area contributed by atoms with Crippen molar-refractivity contribution in [1.82, 2.24) is 5.43 Å². The van der Waals surface area contributed by atoms with Crippen LogP contribution in [0.5, 0.6) is 11.5 Å². The molecule has 0 saturated carbocycles. The molecule has 28 heavy (non-hydrogen) atoms. The molecular weight excluding hydrogens is 386 g/mol. The topological polar surface area (TPSA) is 103 Å². The molecule has 0 aliphatic carbocycles. The number of halogens is 1. The van der Waals surface area contributed by atoms with E-state index in [2.05, 4.69) is 17.5 Å². The minimum Gasteiger partial charge on any atom is -0.494 e. The van der Waals surface area contributed by atoms with Gasteiger partial charge in [-0.05, 0) is 42.8 Å². The lowest BCUT2D eigenvalue weighted by Gasteiger charge is -2.07. The van der Waals surface area contributed by atoms with Gasteiger partial charge in [-0.1, -0.05) is 24.9 Å². The van der Waals surface area contributed by atoms with E-state index < -0.39 is 10.8 Å². The standard InChI is InChI=1S/C19H20ClN3O5/c1-2-3-10-27-16-5-7-17(8-6-16)28-13-19(24)22-21-12-14-11-15(20)4-9-18(14)23(25)26/h4-9,11-12H,2-3,10,13H2,1H3,(H,22,24). The van der Waals surface area contributed by atoms with Crippen LogP contribution in [0.3, 0.4) is 0 Å². The Labute approximate surface area is 167 Å². The molecule has 0 radical (unpaired) electrons. The zero-order chi connectivity index (χ0) is 20.4. The number of hydrogen-bond acceptors (Lipinski definition) is 6. The van der Waals surface area contributed by atoms with Gasteiger partial charge in [0.2, 0.25) is 0 Å². The molecule has 0 atom stereocenters. The predicted molar refractivity (Wildman–Crippen MR) is 106 cm³/mol. The van der Waals surface area contributed by atoms with E-state index in [-0.39, 0.29) is 17.9 Å². The van der Waals surface area contributed by atoms with Crippen molar-refractivity contribution in [3.05, 3.63) is 63.2 Å². The van der Waals surface area contributed by atoms with Crippen LogP contribution in [0.4, 0.5) is 5.69 Å². The molecule has 0 bridgehead atoms. The van der Waals surface area contributed by atoms with Crippen LogP contribution in [0.15, 0.2) is 47.6 Å². The average molecular weight is 406 g/mol. The molecule has 2 aromatic carbocycles. The third kappa shape index (κ3) is 6.88. The maximum atomic E-state index is 11.8. The van der Waals surface area contributed by atoms with E-state index in [9.17, 15) is 14.9 Å². The number of amides is 1. The maximum Gasteiger partial charge on any atom is 0.278 e. The summed E-state index contributed by atoms with van der Waals surface area (Å²) in [7, 11) is 0. The Morgan fingerprint density at radius 2 is 1.89 bits per heavy atom. The molecule has 1 N–H and O–H groups in total. The van der Waals surface area contributed by atoms with Gasteiger partial charge in [-0.2, -0.15) is 5.10 Å². The summed E-state index contributed by atoms with van der Waals surface area (Å²) in [5.74, 6) is 0.731. The number of nitro groups is 1. The van der Waals surface area contributed by atoms with Crippen LogP contribution in [-0.2, 0) is 4.79 Å². The predicted octanol–water partition coefficient (Wildman–Crippen LogP) is 3.96. The molecule has 0 saturated heterocycles. The highest BCUT2D eigenvalue weighted by Crippen LogP contribution is 2.21. The van der Waals surface area contributed by atoms with Crippen molar-refractivity contribution < 1.29 is 19.2 Å². The largest absolute Gasteiger partial charge is 0.494 e. The lowest BCUT2D eigenvalue weighted by Crippen LogP contribution is -2.24. The number of nitrogens with zero attached hydrogens (tertiary/aromatic N) is 2. The fourth-order valence-electron chi connectivity index (χ4n) is 2.12. The van der Waals surface area contributed by atoms with Gasteiger partial charge in [0, 0.05) is 11.1 Å². The lowest BCUT2D eigenvalue weighted by atomic mass is 10.2. The second-order valence-corrected chi connectivity index (χ2v) is 6.15. The summed E-state index contributed by atoms with van der Waals surface area (Å²) >= 11 is 5.83. The molecule has 0 heterocycles. The normalized spacial score (nSPS) is 10.6. The van der Waals surface area contributed by atoms with Crippen molar-refractivity contribution in [2.45, 2.75) is 19.8 Å². The highest BCUT2D eigenvalue weighted by molar-refractivity contribution is 6.31. The number of hydrogen-bond donors (Lipinski definition) is 1. The Balaban J connectivity index is 1.82. The van der Waals surface area contributed by atoms with Gasteiger partial charge in [0.1, 0.15) is 11.5 Å². The SMILES string of the molecule is CCCCOc1ccc(OCC(=O)NN=Cc2cc(Cl)ccc2[N+](=O)[O-])cc1. The molecule has 1 amide bonds. The second kappa shape index (κ2) is 10.9. The Morgan fingerprint density at radius 3 is 2.54 bits per heavy atom. The molecule has 0 spiro atoms. The third-order valence-corrected chi connectivity index (χ3v) is 3.77. The van der Waals surface area contributed by atoms with Gasteiger partial charge >= 0.3 is 0 Å². The van der Waals surface area contributed by atoms with Crippen LogP contribution in [-0.4, -0.2) is 30.3 Å². The van der Waals surface area contributed by atoms with E-state index in [0.29, 0.717) is 17.4 Å². The summed E-state index contributed by atoms with van der Waals surface area (Å²) in [5, 5.41) is 15.0. The molecule has 0 aliphatic heterocycles. The first-order valence-electron chi connectivity index (χ1n) is 8.61.